The van der Waals surface area contributed by atoms with E-state index in [2.05, 4.69) is 37.2 Å². The molecule has 2 N–H and O–H groups in total. The van der Waals surface area contributed by atoms with Gasteiger partial charge in [-0.15, -0.1) is 0 Å². The molecule has 6 nitrogen and oxygen atoms in total. The molecule has 0 aromatic heterocycles. The summed E-state index contributed by atoms with van der Waals surface area (Å²) in [6.07, 6.45) is 1.37. The predicted octanol–water partition coefficient (Wildman–Crippen LogP) is 4.20. The molecule has 1 saturated heterocycles. The summed E-state index contributed by atoms with van der Waals surface area (Å²) >= 11 is 6.41. The van der Waals surface area contributed by atoms with Gasteiger partial charge in [-0.25, -0.2) is 9.69 Å². The standard InChI is InChI=1S/C19H14Br2N2O4/c1-9-3-10(2)5-12(4-9)23-18(26)13(17(25)22-19(23)27)6-11-7-14(20)16(24)15(21)8-11/h3-8,24H,1-2H3,(H,22,25,27)/b13-6+. The molecule has 8 heteroatoms. The number of benzene rings is 2. The van der Waals surface area contributed by atoms with Crippen molar-refractivity contribution in [3.05, 3.63) is 61.5 Å². The van der Waals surface area contributed by atoms with Crippen LogP contribution in [0.4, 0.5) is 10.5 Å². The Labute approximate surface area is 172 Å². The predicted molar refractivity (Wildman–Crippen MR) is 108 cm³/mol. The molecular formula is C19H14Br2N2O4. The average molecular weight is 494 g/mol. The van der Waals surface area contributed by atoms with Crippen molar-refractivity contribution in [2.24, 2.45) is 0 Å². The van der Waals surface area contributed by atoms with Crippen molar-refractivity contribution in [2.75, 3.05) is 4.90 Å². The molecular weight excluding hydrogens is 480 g/mol. The highest BCUT2D eigenvalue weighted by Crippen LogP contribution is 2.34. The number of aryl methyl sites for hydroxylation is 2. The van der Waals surface area contributed by atoms with Crippen LogP contribution in [0.1, 0.15) is 16.7 Å². The maximum absolute atomic E-state index is 12.9. The van der Waals surface area contributed by atoms with Gasteiger partial charge in [-0.05, 0) is 92.7 Å². The highest BCUT2D eigenvalue weighted by atomic mass is 79.9. The summed E-state index contributed by atoms with van der Waals surface area (Å²) in [7, 11) is 0. The van der Waals surface area contributed by atoms with Gasteiger partial charge in [-0.1, -0.05) is 6.07 Å². The number of carbonyl (C=O) groups is 3. The Morgan fingerprint density at radius 1 is 0.963 bits per heavy atom. The number of nitrogens with zero attached hydrogens (tertiary/aromatic N) is 1. The van der Waals surface area contributed by atoms with Gasteiger partial charge in [0.2, 0.25) is 0 Å². The zero-order valence-corrected chi connectivity index (χ0v) is 17.5. The molecule has 0 aliphatic carbocycles. The summed E-state index contributed by atoms with van der Waals surface area (Å²) in [6, 6.07) is 7.65. The van der Waals surface area contributed by atoms with Gasteiger partial charge in [-0.3, -0.25) is 14.9 Å². The molecule has 0 atom stereocenters. The topological polar surface area (TPSA) is 86.7 Å². The minimum atomic E-state index is -0.791. The van der Waals surface area contributed by atoms with Crippen LogP contribution >= 0.6 is 31.9 Å². The van der Waals surface area contributed by atoms with Gasteiger partial charge in [0.25, 0.3) is 11.8 Å². The third-order valence-corrected chi connectivity index (χ3v) is 5.13. The van der Waals surface area contributed by atoms with Crippen LogP contribution in [0, 0.1) is 13.8 Å². The smallest absolute Gasteiger partial charge is 0.335 e. The molecule has 138 valence electrons. The van der Waals surface area contributed by atoms with Gasteiger partial charge < -0.3 is 5.11 Å². The molecule has 0 radical (unpaired) electrons. The highest BCUT2D eigenvalue weighted by molar-refractivity contribution is 9.11. The molecule has 1 fully saturated rings. The van der Waals surface area contributed by atoms with E-state index >= 15 is 0 Å². The summed E-state index contributed by atoms with van der Waals surface area (Å²) in [6.45, 7) is 3.71. The van der Waals surface area contributed by atoms with Crippen molar-refractivity contribution in [3.63, 3.8) is 0 Å². The third-order valence-electron chi connectivity index (χ3n) is 3.92. The van der Waals surface area contributed by atoms with E-state index in [1.165, 1.54) is 6.08 Å². The number of amides is 4. The summed E-state index contributed by atoms with van der Waals surface area (Å²) < 4.78 is 0.796. The Morgan fingerprint density at radius 3 is 2.07 bits per heavy atom. The Kier molecular flexibility index (Phi) is 5.21. The Bertz CT molecular complexity index is 987. The first kappa shape index (κ1) is 19.3. The first-order valence-corrected chi connectivity index (χ1v) is 9.43. The Hall–Kier alpha value is -2.45. The number of phenols is 1. The number of rotatable bonds is 2. The number of halogens is 2. The van der Waals surface area contributed by atoms with Crippen LogP contribution in [0.15, 0.2) is 44.9 Å². The lowest BCUT2D eigenvalue weighted by Gasteiger charge is -2.27. The number of imide groups is 2. The van der Waals surface area contributed by atoms with Gasteiger partial charge in [0, 0.05) is 0 Å². The summed E-state index contributed by atoms with van der Waals surface area (Å²) in [5, 5.41) is 12.0. The zero-order chi connectivity index (χ0) is 19.9. The van der Waals surface area contributed by atoms with Gasteiger partial charge in [0.05, 0.1) is 14.6 Å². The molecule has 2 aromatic rings. The van der Waals surface area contributed by atoms with E-state index in [-0.39, 0.29) is 11.3 Å². The second kappa shape index (κ2) is 7.28. The van der Waals surface area contributed by atoms with Gasteiger partial charge >= 0.3 is 6.03 Å². The molecule has 4 amide bonds. The fraction of sp³-hybridized carbons (Fsp3) is 0.105. The highest BCUT2D eigenvalue weighted by Gasteiger charge is 2.37. The van der Waals surface area contributed by atoms with Crippen molar-refractivity contribution >= 4 is 61.5 Å². The van der Waals surface area contributed by atoms with E-state index in [1.54, 1.807) is 24.3 Å². The van der Waals surface area contributed by atoms with Crippen molar-refractivity contribution < 1.29 is 19.5 Å². The van der Waals surface area contributed by atoms with Crippen molar-refractivity contribution in [1.29, 1.82) is 0 Å². The normalized spacial score (nSPS) is 16.1. The van der Waals surface area contributed by atoms with E-state index in [0.717, 1.165) is 16.0 Å². The maximum Gasteiger partial charge on any atom is 0.335 e. The molecule has 0 bridgehead atoms. The molecule has 1 aliphatic heterocycles. The molecule has 1 aliphatic rings. The number of barbiturate groups is 1. The molecule has 0 unspecified atom stereocenters. The second-order valence-corrected chi connectivity index (χ2v) is 7.85. The third kappa shape index (κ3) is 3.81. The fourth-order valence-corrected chi connectivity index (χ4v) is 4.03. The van der Waals surface area contributed by atoms with Crippen LogP contribution in [0.2, 0.25) is 0 Å². The number of hydrogen-bond acceptors (Lipinski definition) is 4. The first-order valence-electron chi connectivity index (χ1n) is 7.85. The lowest BCUT2D eigenvalue weighted by molar-refractivity contribution is -0.122. The van der Waals surface area contributed by atoms with Gasteiger partial charge in [0.1, 0.15) is 11.3 Å². The maximum atomic E-state index is 12.9. The Balaban J connectivity index is 2.07. The fourth-order valence-electron chi connectivity index (χ4n) is 2.81. The van der Waals surface area contributed by atoms with E-state index in [1.807, 2.05) is 19.9 Å². The Morgan fingerprint density at radius 2 is 1.52 bits per heavy atom. The molecule has 2 aromatic carbocycles. The minimum absolute atomic E-state index is 0.00334. The van der Waals surface area contributed by atoms with Gasteiger partial charge in [-0.2, -0.15) is 0 Å². The van der Waals surface area contributed by atoms with Crippen LogP contribution in [0.3, 0.4) is 0 Å². The summed E-state index contributed by atoms with van der Waals surface area (Å²) in [5.41, 5.74) is 2.48. The lowest BCUT2D eigenvalue weighted by Crippen LogP contribution is -2.54. The number of anilines is 1. The first-order chi connectivity index (χ1) is 12.7. The average Bonchev–Trinajstić information content (AvgIpc) is 2.55. The number of nitrogens with one attached hydrogen (secondary N) is 1. The van der Waals surface area contributed by atoms with Crippen molar-refractivity contribution in [3.8, 4) is 5.75 Å². The quantitative estimate of drug-likeness (QED) is 0.484. The zero-order valence-electron chi connectivity index (χ0n) is 14.3. The van der Waals surface area contributed by atoms with Crippen LogP contribution in [-0.2, 0) is 9.59 Å². The van der Waals surface area contributed by atoms with Crippen molar-refractivity contribution in [2.45, 2.75) is 13.8 Å². The van der Waals surface area contributed by atoms with Gasteiger partial charge in [0.15, 0.2) is 0 Å². The summed E-state index contributed by atoms with van der Waals surface area (Å²) in [4.78, 5) is 38.4. The van der Waals surface area contributed by atoms with E-state index in [9.17, 15) is 19.5 Å². The van der Waals surface area contributed by atoms with Crippen molar-refractivity contribution in [1.82, 2.24) is 5.32 Å². The minimum Gasteiger partial charge on any atom is -0.506 e. The number of phenolic OH excluding ortho intramolecular Hbond substituents is 1. The number of hydrogen-bond donors (Lipinski definition) is 2. The van der Waals surface area contributed by atoms with Crippen LogP contribution < -0.4 is 10.2 Å². The largest absolute Gasteiger partial charge is 0.506 e. The van der Waals surface area contributed by atoms with Crippen LogP contribution in [0.5, 0.6) is 5.75 Å². The van der Waals surface area contributed by atoms with Crippen LogP contribution in [0.25, 0.3) is 6.08 Å². The second-order valence-electron chi connectivity index (χ2n) is 6.14. The SMILES string of the molecule is Cc1cc(C)cc(N2C(=O)NC(=O)/C(=C\c3cc(Br)c(O)c(Br)c3)C2=O)c1. The molecule has 0 saturated carbocycles. The van der Waals surface area contributed by atoms with E-state index < -0.39 is 17.8 Å². The van der Waals surface area contributed by atoms with E-state index in [4.69, 9.17) is 0 Å². The molecule has 1 heterocycles. The molecule has 27 heavy (non-hydrogen) atoms. The molecule has 3 rings (SSSR count). The summed E-state index contributed by atoms with van der Waals surface area (Å²) in [5.74, 6) is -1.48. The van der Waals surface area contributed by atoms with Crippen LogP contribution in [-0.4, -0.2) is 23.0 Å². The number of aromatic hydroxyl groups is 1. The number of carbonyl (C=O) groups excluding carboxylic acids is 3. The lowest BCUT2D eigenvalue weighted by atomic mass is 10.1. The molecule has 0 spiro atoms. The monoisotopic (exact) mass is 492 g/mol. The van der Waals surface area contributed by atoms with E-state index in [0.29, 0.717) is 20.2 Å². The number of urea groups is 1.